The Balaban J connectivity index is 1.37. The Morgan fingerprint density at radius 3 is 2.75 bits per heavy atom. The van der Waals surface area contributed by atoms with Gasteiger partial charge in [0.05, 0.1) is 37.2 Å². The number of halogens is 1. The zero-order valence-electron chi connectivity index (χ0n) is 19.4. The van der Waals surface area contributed by atoms with Crippen LogP contribution in [0.5, 0.6) is 5.75 Å². The Bertz CT molecular complexity index is 1440. The monoisotopic (exact) mass is 527 g/mol. The number of carbonyl (C=O) groups is 2. The summed E-state index contributed by atoms with van der Waals surface area (Å²) in [5, 5.41) is 20.4. The highest BCUT2D eigenvalue weighted by molar-refractivity contribution is 7.20. The fourth-order valence-corrected chi connectivity index (χ4v) is 5.06. The minimum absolute atomic E-state index is 0.192. The molecule has 0 aliphatic heterocycles. The van der Waals surface area contributed by atoms with Crippen molar-refractivity contribution in [2.24, 2.45) is 0 Å². The van der Waals surface area contributed by atoms with Gasteiger partial charge in [0, 0.05) is 23.0 Å². The lowest BCUT2D eigenvalue weighted by Crippen LogP contribution is -2.39. The molecule has 11 nitrogen and oxygen atoms in total. The van der Waals surface area contributed by atoms with E-state index in [0.717, 1.165) is 24.2 Å². The molecule has 3 N–H and O–H groups in total. The Hall–Kier alpha value is -3.61. The summed E-state index contributed by atoms with van der Waals surface area (Å²) in [6, 6.07) is 3.12. The molecule has 1 saturated carbocycles. The van der Waals surface area contributed by atoms with E-state index in [1.165, 1.54) is 30.2 Å². The largest absolute Gasteiger partial charge is 0.494 e. The first kappa shape index (κ1) is 24.1. The van der Waals surface area contributed by atoms with Crippen LogP contribution in [-0.4, -0.2) is 60.7 Å². The summed E-state index contributed by atoms with van der Waals surface area (Å²) in [6.45, 7) is 1.82. The molecule has 5 rings (SSSR count). The van der Waals surface area contributed by atoms with Gasteiger partial charge in [0.15, 0.2) is 0 Å². The van der Waals surface area contributed by atoms with E-state index in [9.17, 15) is 14.7 Å². The van der Waals surface area contributed by atoms with Crippen LogP contribution in [0.15, 0.2) is 30.7 Å². The first-order chi connectivity index (χ1) is 17.3. The van der Waals surface area contributed by atoms with Crippen LogP contribution in [0.2, 0.25) is 5.15 Å². The second kappa shape index (κ2) is 9.80. The molecule has 13 heteroatoms. The number of methoxy groups -OCH3 is 1. The average molecular weight is 528 g/mol. The van der Waals surface area contributed by atoms with Crippen molar-refractivity contribution in [2.45, 2.75) is 38.3 Å². The quantitative estimate of drug-likeness (QED) is 0.324. The van der Waals surface area contributed by atoms with E-state index in [-0.39, 0.29) is 22.8 Å². The number of rotatable bonds is 6. The summed E-state index contributed by atoms with van der Waals surface area (Å²) in [7, 11) is 1.51. The SMILES string of the molecule is COc1cnc(Cl)cc1-c1cc(C)ncc1C(=O)Nc1nn2cc(C(=O)N[C@H]3CCC[C@@H]3O)nc2s1. The number of ether oxygens (including phenoxy) is 1. The van der Waals surface area contributed by atoms with Gasteiger partial charge < -0.3 is 15.2 Å². The summed E-state index contributed by atoms with van der Waals surface area (Å²) >= 11 is 7.23. The normalized spacial score (nSPS) is 17.3. The smallest absolute Gasteiger partial charge is 0.271 e. The van der Waals surface area contributed by atoms with E-state index in [4.69, 9.17) is 16.3 Å². The van der Waals surface area contributed by atoms with Gasteiger partial charge in [-0.1, -0.05) is 22.9 Å². The molecule has 2 atom stereocenters. The van der Waals surface area contributed by atoms with Gasteiger partial charge in [-0.15, -0.1) is 5.10 Å². The molecule has 36 heavy (non-hydrogen) atoms. The highest BCUT2D eigenvalue weighted by Gasteiger charge is 2.28. The Morgan fingerprint density at radius 1 is 1.19 bits per heavy atom. The number of pyridine rings is 2. The molecule has 2 amide bonds. The van der Waals surface area contributed by atoms with Gasteiger partial charge in [0.2, 0.25) is 10.1 Å². The van der Waals surface area contributed by atoms with Crippen LogP contribution in [0, 0.1) is 6.92 Å². The number of aryl methyl sites for hydroxylation is 1. The minimum Gasteiger partial charge on any atom is -0.494 e. The van der Waals surface area contributed by atoms with Crippen LogP contribution >= 0.6 is 22.9 Å². The van der Waals surface area contributed by atoms with E-state index in [0.29, 0.717) is 44.6 Å². The van der Waals surface area contributed by atoms with Crippen LogP contribution in [0.25, 0.3) is 16.1 Å². The number of anilines is 1. The predicted octanol–water partition coefficient (Wildman–Crippen LogP) is 3.11. The average Bonchev–Trinajstić information content (AvgIpc) is 3.54. The second-order valence-corrected chi connectivity index (χ2v) is 9.71. The number of imidazole rings is 1. The number of hydrogen-bond donors (Lipinski definition) is 3. The zero-order valence-corrected chi connectivity index (χ0v) is 20.9. The molecule has 0 saturated heterocycles. The molecular formula is C23H22ClN7O4S. The standard InChI is InChI=1S/C23H22ClN7O4S/c1-11-6-12(13-7-19(24)26-9-18(13)35-2)14(8-25-11)20(33)29-22-30-31-10-16(28-23(31)36-22)21(34)27-15-4-3-5-17(15)32/h6-10,15,17,32H,3-5H2,1-2H3,(H,27,34)(H,29,30,33)/t15-,17-/m0/s1. The number of fused-ring (bicyclic) bond motifs is 1. The molecule has 1 aliphatic carbocycles. The fourth-order valence-electron chi connectivity index (χ4n) is 4.13. The van der Waals surface area contributed by atoms with Crippen molar-refractivity contribution in [1.82, 2.24) is 29.9 Å². The maximum atomic E-state index is 13.2. The van der Waals surface area contributed by atoms with E-state index >= 15 is 0 Å². The number of nitrogens with zero attached hydrogens (tertiary/aromatic N) is 5. The zero-order chi connectivity index (χ0) is 25.4. The van der Waals surface area contributed by atoms with Crippen molar-refractivity contribution in [3.05, 3.63) is 52.8 Å². The summed E-state index contributed by atoms with van der Waals surface area (Å²) in [5.41, 5.74) is 2.38. The number of aromatic nitrogens is 5. The number of hydrogen-bond acceptors (Lipinski definition) is 9. The number of nitrogens with one attached hydrogen (secondary N) is 2. The van der Waals surface area contributed by atoms with Gasteiger partial charge in [0.1, 0.15) is 16.6 Å². The third-order valence-corrected chi connectivity index (χ3v) is 6.97. The van der Waals surface area contributed by atoms with E-state index in [1.54, 1.807) is 12.1 Å². The molecular weight excluding hydrogens is 506 g/mol. The molecule has 1 fully saturated rings. The summed E-state index contributed by atoms with van der Waals surface area (Å²) in [4.78, 5) is 38.8. The lowest BCUT2D eigenvalue weighted by Gasteiger charge is -2.15. The van der Waals surface area contributed by atoms with Gasteiger partial charge in [-0.2, -0.15) is 0 Å². The Morgan fingerprint density at radius 2 is 2.03 bits per heavy atom. The van der Waals surface area contributed by atoms with Crippen molar-refractivity contribution in [3.63, 3.8) is 0 Å². The van der Waals surface area contributed by atoms with Crippen LogP contribution in [0.3, 0.4) is 0 Å². The van der Waals surface area contributed by atoms with Crippen LogP contribution in [0.1, 0.15) is 45.8 Å². The van der Waals surface area contributed by atoms with Crippen LogP contribution in [0.4, 0.5) is 5.13 Å². The van der Waals surface area contributed by atoms with Crippen molar-refractivity contribution in [2.75, 3.05) is 12.4 Å². The third-order valence-electron chi connectivity index (χ3n) is 5.92. The molecule has 4 aromatic heterocycles. The molecule has 0 unspecified atom stereocenters. The number of carbonyl (C=O) groups excluding carboxylic acids is 2. The van der Waals surface area contributed by atoms with Gasteiger partial charge in [-0.3, -0.25) is 19.9 Å². The lowest BCUT2D eigenvalue weighted by molar-refractivity contribution is 0.0868. The lowest BCUT2D eigenvalue weighted by atomic mass is 10.0. The molecule has 0 radical (unpaired) electrons. The number of aliphatic hydroxyl groups is 1. The molecule has 0 spiro atoms. The number of aliphatic hydroxyl groups excluding tert-OH is 1. The van der Waals surface area contributed by atoms with Crippen LogP contribution in [-0.2, 0) is 0 Å². The van der Waals surface area contributed by atoms with Gasteiger partial charge in [-0.25, -0.2) is 14.5 Å². The van der Waals surface area contributed by atoms with Gasteiger partial charge in [0.25, 0.3) is 11.8 Å². The minimum atomic E-state index is -0.540. The summed E-state index contributed by atoms with van der Waals surface area (Å²) in [5.74, 6) is -0.343. The molecule has 0 aromatic carbocycles. The van der Waals surface area contributed by atoms with Crippen molar-refractivity contribution in [1.29, 1.82) is 0 Å². The Kier molecular flexibility index (Phi) is 6.56. The van der Waals surface area contributed by atoms with E-state index < -0.39 is 12.0 Å². The van der Waals surface area contributed by atoms with Crippen LogP contribution < -0.4 is 15.4 Å². The molecule has 1 aliphatic rings. The molecule has 4 heterocycles. The molecule has 186 valence electrons. The maximum absolute atomic E-state index is 13.2. The fraction of sp³-hybridized carbons (Fsp3) is 0.304. The van der Waals surface area contributed by atoms with Gasteiger partial charge in [-0.05, 0) is 38.3 Å². The second-order valence-electron chi connectivity index (χ2n) is 8.37. The Labute approximate surface area is 214 Å². The van der Waals surface area contributed by atoms with Crippen molar-refractivity contribution < 1.29 is 19.4 Å². The predicted molar refractivity (Wildman–Crippen MR) is 134 cm³/mol. The summed E-state index contributed by atoms with van der Waals surface area (Å²) in [6.07, 6.45) is 6.19. The van der Waals surface area contributed by atoms with E-state index in [2.05, 4.69) is 30.7 Å². The topological polar surface area (TPSA) is 144 Å². The van der Waals surface area contributed by atoms with Crippen molar-refractivity contribution in [3.8, 4) is 16.9 Å². The molecule has 0 bridgehead atoms. The first-order valence-electron chi connectivity index (χ1n) is 11.2. The summed E-state index contributed by atoms with van der Waals surface area (Å²) < 4.78 is 6.84. The van der Waals surface area contributed by atoms with E-state index in [1.807, 2.05) is 6.92 Å². The first-order valence-corrected chi connectivity index (χ1v) is 12.3. The van der Waals surface area contributed by atoms with Gasteiger partial charge >= 0.3 is 0 Å². The molecule has 4 aromatic rings. The maximum Gasteiger partial charge on any atom is 0.271 e. The van der Waals surface area contributed by atoms with Crippen molar-refractivity contribution >= 4 is 44.8 Å². The highest BCUT2D eigenvalue weighted by atomic mass is 35.5. The highest BCUT2D eigenvalue weighted by Crippen LogP contribution is 2.34. The third kappa shape index (κ3) is 4.74. The number of amides is 2.